The number of hydrogen-bond donors (Lipinski definition) is 0. The summed E-state index contributed by atoms with van der Waals surface area (Å²) in [6, 6.07) is 5.99. The van der Waals surface area contributed by atoms with Crippen molar-refractivity contribution in [3.63, 3.8) is 0 Å². The Balaban J connectivity index is 2.38. The van der Waals surface area contributed by atoms with Gasteiger partial charge >= 0.3 is 0 Å². The van der Waals surface area contributed by atoms with Gasteiger partial charge in [0.1, 0.15) is 0 Å². The molecule has 0 amide bonds. The Kier molecular flexibility index (Phi) is 2.73. The third-order valence-electron chi connectivity index (χ3n) is 2.49. The lowest BCUT2D eigenvalue weighted by Gasteiger charge is -2.05. The quantitative estimate of drug-likeness (QED) is 0.774. The van der Waals surface area contributed by atoms with Crippen molar-refractivity contribution >= 4 is 0 Å². The number of aromatic nitrogens is 4. The van der Waals surface area contributed by atoms with Crippen LogP contribution in [-0.2, 0) is 0 Å². The number of aryl methyl sites for hydroxylation is 2. The molecule has 2 aromatic heterocycles. The van der Waals surface area contributed by atoms with Crippen molar-refractivity contribution in [2.24, 2.45) is 0 Å². The third kappa shape index (κ3) is 1.96. The predicted octanol–water partition coefficient (Wildman–Crippen LogP) is 2.40. The summed E-state index contributed by atoms with van der Waals surface area (Å²) in [5.74, 6) is 1.18. The normalized spacial score (nSPS) is 11.1. The molecule has 0 aliphatic rings. The summed E-state index contributed by atoms with van der Waals surface area (Å²) in [4.78, 5) is 0. The Bertz CT molecular complexity index is 482. The molecule has 84 valence electrons. The first-order chi connectivity index (χ1) is 7.58. The van der Waals surface area contributed by atoms with Gasteiger partial charge in [0, 0.05) is 5.69 Å². The molecule has 0 radical (unpaired) electrons. The molecule has 4 heteroatoms. The zero-order chi connectivity index (χ0) is 11.7. The molecule has 0 aromatic carbocycles. The van der Waals surface area contributed by atoms with Crippen LogP contribution in [0.5, 0.6) is 0 Å². The van der Waals surface area contributed by atoms with Crippen molar-refractivity contribution < 1.29 is 0 Å². The molecule has 0 saturated carbocycles. The molecule has 0 saturated heterocycles. The highest BCUT2D eigenvalue weighted by atomic mass is 15.3. The zero-order valence-corrected chi connectivity index (χ0v) is 10.1. The fourth-order valence-electron chi connectivity index (χ4n) is 1.62. The van der Waals surface area contributed by atoms with E-state index in [0.717, 1.165) is 22.9 Å². The minimum absolute atomic E-state index is 0.405. The fraction of sp³-hybridized carbons (Fsp3) is 0.417. The van der Waals surface area contributed by atoms with Gasteiger partial charge in [0.05, 0.1) is 11.4 Å². The molecule has 16 heavy (non-hydrogen) atoms. The SMILES string of the molecule is Cc1cc(C)n(-c2ccc(C(C)C)nn2)n1. The number of nitrogens with zero attached hydrogens (tertiary/aromatic N) is 4. The molecule has 0 N–H and O–H groups in total. The smallest absolute Gasteiger partial charge is 0.175 e. The van der Waals surface area contributed by atoms with Gasteiger partial charge in [0.2, 0.25) is 0 Å². The Morgan fingerprint density at radius 2 is 1.88 bits per heavy atom. The van der Waals surface area contributed by atoms with Gasteiger partial charge < -0.3 is 0 Å². The fourth-order valence-corrected chi connectivity index (χ4v) is 1.62. The van der Waals surface area contributed by atoms with E-state index in [4.69, 9.17) is 0 Å². The van der Waals surface area contributed by atoms with E-state index in [1.165, 1.54) is 0 Å². The zero-order valence-electron chi connectivity index (χ0n) is 10.1. The molecule has 0 unspecified atom stereocenters. The molecule has 2 aromatic rings. The molecule has 4 nitrogen and oxygen atoms in total. The first kappa shape index (κ1) is 10.8. The van der Waals surface area contributed by atoms with Crippen LogP contribution in [0.25, 0.3) is 5.82 Å². The molecule has 0 aliphatic carbocycles. The second kappa shape index (κ2) is 4.04. The average molecular weight is 216 g/mol. The Labute approximate surface area is 95.3 Å². The van der Waals surface area contributed by atoms with Gasteiger partial charge in [-0.2, -0.15) is 10.2 Å². The molecular formula is C12H16N4. The van der Waals surface area contributed by atoms with E-state index in [-0.39, 0.29) is 0 Å². The van der Waals surface area contributed by atoms with Gasteiger partial charge in [-0.05, 0) is 38.0 Å². The Hall–Kier alpha value is -1.71. The van der Waals surface area contributed by atoms with Gasteiger partial charge in [-0.3, -0.25) is 0 Å². The van der Waals surface area contributed by atoms with E-state index in [0.29, 0.717) is 5.92 Å². The summed E-state index contributed by atoms with van der Waals surface area (Å²) in [6.45, 7) is 8.19. The van der Waals surface area contributed by atoms with Crippen molar-refractivity contribution in [1.82, 2.24) is 20.0 Å². The first-order valence-corrected chi connectivity index (χ1v) is 5.45. The van der Waals surface area contributed by atoms with Crippen molar-refractivity contribution in [3.05, 3.63) is 35.3 Å². The van der Waals surface area contributed by atoms with E-state index in [1.54, 1.807) is 0 Å². The van der Waals surface area contributed by atoms with Crippen molar-refractivity contribution in [2.75, 3.05) is 0 Å². The molecule has 0 atom stereocenters. The molecule has 2 heterocycles. The van der Waals surface area contributed by atoms with Crippen molar-refractivity contribution in [1.29, 1.82) is 0 Å². The van der Waals surface area contributed by atoms with E-state index < -0.39 is 0 Å². The largest absolute Gasteiger partial charge is 0.218 e. The third-order valence-corrected chi connectivity index (χ3v) is 2.49. The van der Waals surface area contributed by atoms with Crippen LogP contribution in [0.2, 0.25) is 0 Å². The summed E-state index contributed by atoms with van der Waals surface area (Å²) in [7, 11) is 0. The summed E-state index contributed by atoms with van der Waals surface area (Å²) < 4.78 is 1.81. The monoisotopic (exact) mass is 216 g/mol. The molecule has 0 fully saturated rings. The average Bonchev–Trinajstić information content (AvgIpc) is 2.58. The predicted molar refractivity (Wildman–Crippen MR) is 62.7 cm³/mol. The Morgan fingerprint density at radius 1 is 1.12 bits per heavy atom. The van der Waals surface area contributed by atoms with Crippen LogP contribution in [-0.4, -0.2) is 20.0 Å². The van der Waals surface area contributed by atoms with Crippen molar-refractivity contribution in [3.8, 4) is 5.82 Å². The maximum atomic E-state index is 4.37. The molecular weight excluding hydrogens is 200 g/mol. The second-order valence-corrected chi connectivity index (χ2v) is 4.31. The molecule has 2 rings (SSSR count). The van der Waals surface area contributed by atoms with Gasteiger partial charge in [0.25, 0.3) is 0 Å². The topological polar surface area (TPSA) is 43.6 Å². The van der Waals surface area contributed by atoms with Gasteiger partial charge in [0.15, 0.2) is 5.82 Å². The summed E-state index contributed by atoms with van der Waals surface area (Å²) in [6.07, 6.45) is 0. The lowest BCUT2D eigenvalue weighted by molar-refractivity contribution is 0.739. The van der Waals surface area contributed by atoms with E-state index in [1.807, 2.05) is 36.7 Å². The molecule has 0 bridgehead atoms. The van der Waals surface area contributed by atoms with Crippen LogP contribution in [0.4, 0.5) is 0 Å². The van der Waals surface area contributed by atoms with Crippen LogP contribution in [0.3, 0.4) is 0 Å². The first-order valence-electron chi connectivity index (χ1n) is 5.45. The van der Waals surface area contributed by atoms with E-state index in [2.05, 4.69) is 29.1 Å². The highest BCUT2D eigenvalue weighted by molar-refractivity contribution is 5.25. The maximum absolute atomic E-state index is 4.37. The van der Waals surface area contributed by atoms with Gasteiger partial charge in [-0.1, -0.05) is 13.8 Å². The van der Waals surface area contributed by atoms with Crippen LogP contribution in [0, 0.1) is 13.8 Å². The summed E-state index contributed by atoms with van der Waals surface area (Å²) >= 11 is 0. The van der Waals surface area contributed by atoms with Gasteiger partial charge in [-0.25, -0.2) is 4.68 Å². The van der Waals surface area contributed by atoms with Crippen LogP contribution < -0.4 is 0 Å². The van der Waals surface area contributed by atoms with Crippen molar-refractivity contribution in [2.45, 2.75) is 33.6 Å². The standard InChI is InChI=1S/C12H16N4/c1-8(2)11-5-6-12(14-13-11)16-10(4)7-9(3)15-16/h5-8H,1-4H3. The molecule has 0 spiro atoms. The van der Waals surface area contributed by atoms with Crippen LogP contribution in [0.15, 0.2) is 18.2 Å². The highest BCUT2D eigenvalue weighted by Crippen LogP contribution is 2.13. The summed E-state index contributed by atoms with van der Waals surface area (Å²) in [5.41, 5.74) is 3.07. The van der Waals surface area contributed by atoms with E-state index >= 15 is 0 Å². The van der Waals surface area contributed by atoms with Crippen LogP contribution >= 0.6 is 0 Å². The lowest BCUT2D eigenvalue weighted by atomic mass is 10.1. The minimum Gasteiger partial charge on any atom is -0.218 e. The highest BCUT2D eigenvalue weighted by Gasteiger charge is 2.06. The molecule has 0 aliphatic heterocycles. The number of rotatable bonds is 2. The van der Waals surface area contributed by atoms with E-state index in [9.17, 15) is 0 Å². The Morgan fingerprint density at radius 3 is 2.31 bits per heavy atom. The second-order valence-electron chi connectivity index (χ2n) is 4.31. The van der Waals surface area contributed by atoms with Crippen LogP contribution in [0.1, 0.15) is 36.8 Å². The lowest BCUT2D eigenvalue weighted by Crippen LogP contribution is -2.05. The van der Waals surface area contributed by atoms with Gasteiger partial charge in [-0.15, -0.1) is 5.10 Å². The maximum Gasteiger partial charge on any atom is 0.175 e. The number of hydrogen-bond acceptors (Lipinski definition) is 3. The summed E-state index contributed by atoms with van der Waals surface area (Å²) in [5, 5.41) is 12.8. The minimum atomic E-state index is 0.405.